The number of thioether (sulfide) groups is 1. The Hall–Kier alpha value is -3.71. The van der Waals surface area contributed by atoms with Crippen LogP contribution in [0.1, 0.15) is 39.2 Å². The average molecular weight is 731 g/mol. The maximum absolute atomic E-state index is 15.4. The maximum Gasteiger partial charge on any atom is 0.417 e. The molecule has 49 heavy (non-hydrogen) atoms. The third kappa shape index (κ3) is 6.63. The summed E-state index contributed by atoms with van der Waals surface area (Å²) in [6, 6.07) is 21.8. The van der Waals surface area contributed by atoms with Crippen LogP contribution >= 0.6 is 23.4 Å². The van der Waals surface area contributed by atoms with E-state index in [1.807, 2.05) is 41.4 Å². The third-order valence-electron chi connectivity index (χ3n) is 9.07. The zero-order valence-corrected chi connectivity index (χ0v) is 29.3. The molecule has 1 aliphatic rings. The molecule has 0 saturated heterocycles. The molecule has 6 rings (SSSR count). The summed E-state index contributed by atoms with van der Waals surface area (Å²) in [6.45, 7) is 6.72. The summed E-state index contributed by atoms with van der Waals surface area (Å²) < 4.78 is 80.8. The van der Waals surface area contributed by atoms with Crippen molar-refractivity contribution in [1.82, 2.24) is 9.97 Å². The van der Waals surface area contributed by atoms with Gasteiger partial charge in [0.05, 0.1) is 21.5 Å². The van der Waals surface area contributed by atoms with Crippen molar-refractivity contribution >= 4 is 53.0 Å². The highest BCUT2D eigenvalue weighted by atomic mass is 35.5. The monoisotopic (exact) mass is 730 g/mol. The fourth-order valence-electron chi connectivity index (χ4n) is 6.38. The molecule has 2 N–H and O–H groups in total. The van der Waals surface area contributed by atoms with Crippen LogP contribution in [0.5, 0.6) is 0 Å². The van der Waals surface area contributed by atoms with Gasteiger partial charge in [-0.05, 0) is 40.4 Å². The van der Waals surface area contributed by atoms with E-state index in [0.29, 0.717) is 25.0 Å². The Labute approximate surface area is 289 Å². The second-order valence-electron chi connectivity index (χ2n) is 13.4. The zero-order valence-electron chi connectivity index (χ0n) is 26.7. The van der Waals surface area contributed by atoms with Crippen LogP contribution in [-0.4, -0.2) is 30.6 Å². The van der Waals surface area contributed by atoms with Gasteiger partial charge in [-0.25, -0.2) is 13.6 Å². The van der Waals surface area contributed by atoms with Gasteiger partial charge in [-0.15, -0.1) is 11.8 Å². The Morgan fingerprint density at radius 2 is 1.47 bits per heavy atom. The lowest BCUT2D eigenvalue weighted by Crippen LogP contribution is -2.67. The summed E-state index contributed by atoms with van der Waals surface area (Å²) in [5, 5.41) is 0.813. The van der Waals surface area contributed by atoms with Gasteiger partial charge in [-0.3, -0.25) is 9.78 Å². The first kappa shape index (κ1) is 35.1. The molecule has 1 saturated carbocycles. The highest BCUT2D eigenvalue weighted by Gasteiger charge is 2.53. The molecule has 0 bridgehead atoms. The SMILES string of the molecule is CC(C)(C)[Si](OCC1(CSc2c(-c3cc(Cl)c(F)cc3F)c(C(F)(F)F)cc3c(=O)[nH]c(=O)[nH]c23)CC1)(c1ccccc1)c1ccccc1. The zero-order chi connectivity index (χ0) is 35.4. The Morgan fingerprint density at radius 1 is 0.878 bits per heavy atom. The van der Waals surface area contributed by atoms with E-state index in [-0.39, 0.29) is 27.8 Å². The van der Waals surface area contributed by atoms with Crippen molar-refractivity contribution in [3.63, 3.8) is 0 Å². The quantitative estimate of drug-likeness (QED) is 0.0693. The molecule has 0 atom stereocenters. The molecule has 0 aliphatic heterocycles. The molecule has 5 aromatic rings. The predicted octanol–water partition coefficient (Wildman–Crippen LogP) is 8.28. The Balaban J connectivity index is 1.46. The highest BCUT2D eigenvalue weighted by molar-refractivity contribution is 7.99. The summed E-state index contributed by atoms with van der Waals surface area (Å²) >= 11 is 6.92. The number of H-pyrrole nitrogens is 2. The van der Waals surface area contributed by atoms with E-state index in [0.717, 1.165) is 28.2 Å². The van der Waals surface area contributed by atoms with Crippen LogP contribution in [0.2, 0.25) is 10.1 Å². The molecule has 0 unspecified atom stereocenters. The Bertz CT molecular complexity index is 2110. The fourth-order valence-corrected chi connectivity index (χ4v) is 12.7. The van der Waals surface area contributed by atoms with Crippen LogP contribution in [-0.2, 0) is 10.6 Å². The van der Waals surface area contributed by atoms with Crippen LogP contribution in [0.4, 0.5) is 22.0 Å². The van der Waals surface area contributed by atoms with E-state index >= 15 is 4.39 Å². The van der Waals surface area contributed by atoms with Gasteiger partial charge in [0.2, 0.25) is 0 Å². The Morgan fingerprint density at radius 3 is 2.00 bits per heavy atom. The first-order valence-corrected chi connectivity index (χ1v) is 18.8. The average Bonchev–Trinajstić information content (AvgIpc) is 3.81. The molecule has 1 fully saturated rings. The maximum atomic E-state index is 15.4. The van der Waals surface area contributed by atoms with Crippen molar-refractivity contribution in [1.29, 1.82) is 0 Å². The molecule has 0 radical (unpaired) electrons. The number of aromatic nitrogens is 2. The van der Waals surface area contributed by atoms with E-state index in [1.54, 1.807) is 0 Å². The van der Waals surface area contributed by atoms with Crippen molar-refractivity contribution in [2.24, 2.45) is 5.41 Å². The Kier molecular flexibility index (Phi) is 9.23. The summed E-state index contributed by atoms with van der Waals surface area (Å²) in [5.74, 6) is -2.20. The smallest absolute Gasteiger partial charge is 0.407 e. The van der Waals surface area contributed by atoms with Gasteiger partial charge < -0.3 is 9.41 Å². The van der Waals surface area contributed by atoms with E-state index in [2.05, 4.69) is 50.0 Å². The topological polar surface area (TPSA) is 75.0 Å². The van der Waals surface area contributed by atoms with Crippen molar-refractivity contribution in [2.45, 2.75) is 49.7 Å². The first-order valence-electron chi connectivity index (χ1n) is 15.5. The number of nitrogens with one attached hydrogen (secondary N) is 2. The molecule has 5 nitrogen and oxygen atoms in total. The van der Waals surface area contributed by atoms with Crippen LogP contribution < -0.4 is 21.6 Å². The minimum Gasteiger partial charge on any atom is -0.407 e. The summed E-state index contributed by atoms with van der Waals surface area (Å²) in [6.07, 6.45) is -3.64. The van der Waals surface area contributed by atoms with Crippen LogP contribution in [0.15, 0.2) is 93.3 Å². The number of alkyl halides is 3. The number of fused-ring (bicyclic) bond motifs is 1. The largest absolute Gasteiger partial charge is 0.417 e. The number of rotatable bonds is 9. The number of hydrogen-bond acceptors (Lipinski definition) is 4. The van der Waals surface area contributed by atoms with Crippen molar-refractivity contribution in [3.8, 4) is 11.1 Å². The molecule has 256 valence electrons. The van der Waals surface area contributed by atoms with E-state index in [1.165, 1.54) is 0 Å². The second kappa shape index (κ2) is 12.9. The van der Waals surface area contributed by atoms with Gasteiger partial charge >= 0.3 is 11.9 Å². The summed E-state index contributed by atoms with van der Waals surface area (Å²) in [7, 11) is -2.95. The van der Waals surface area contributed by atoms with E-state index in [9.17, 15) is 27.2 Å². The molecule has 1 aromatic heterocycles. The number of aromatic amines is 2. The fraction of sp³-hybridized carbons (Fsp3) is 0.278. The predicted molar refractivity (Wildman–Crippen MR) is 187 cm³/mol. The molecule has 0 amide bonds. The summed E-state index contributed by atoms with van der Waals surface area (Å²) in [5.41, 5.74) is -5.23. The van der Waals surface area contributed by atoms with Crippen molar-refractivity contribution in [3.05, 3.63) is 122 Å². The van der Waals surface area contributed by atoms with Gasteiger partial charge in [0.25, 0.3) is 13.9 Å². The molecule has 1 heterocycles. The minimum absolute atomic E-state index is 0.175. The van der Waals surface area contributed by atoms with E-state index < -0.39 is 69.9 Å². The number of halogens is 6. The normalized spacial score (nSPS) is 14.7. The molecule has 1 aliphatic carbocycles. The molecular weight excluding hydrogens is 699 g/mol. The standard InChI is InChI=1S/C36H32ClF5N2O3SSi/c1-34(2,3)49(21-10-6-4-7-11-21,22-12-8-5-9-13-22)47-19-35(14-15-35)20-48-31-29(23-17-26(37)28(39)18-27(23)38)25(36(40,41)42)16-24-30(31)43-33(46)44-32(24)45/h4-13,16-18H,14-15,19-20H2,1-3H3,(H2,43,44,45,46). The van der Waals surface area contributed by atoms with Gasteiger partial charge in [0, 0.05) is 39.9 Å². The van der Waals surface area contributed by atoms with Crippen LogP contribution in [0.3, 0.4) is 0 Å². The number of benzene rings is 4. The number of hydrogen-bond donors (Lipinski definition) is 2. The first-order chi connectivity index (χ1) is 23.1. The van der Waals surface area contributed by atoms with Gasteiger partial charge in [0.15, 0.2) is 0 Å². The van der Waals surface area contributed by atoms with Crippen LogP contribution in [0.25, 0.3) is 22.0 Å². The third-order valence-corrected chi connectivity index (χ3v) is 15.8. The second-order valence-corrected chi connectivity index (χ2v) is 19.1. The lowest BCUT2D eigenvalue weighted by Gasteiger charge is -2.44. The van der Waals surface area contributed by atoms with Crippen molar-refractivity contribution < 1.29 is 26.4 Å². The minimum atomic E-state index is -5.06. The van der Waals surface area contributed by atoms with Crippen LogP contribution in [0, 0.1) is 17.0 Å². The molecule has 4 aromatic carbocycles. The van der Waals surface area contributed by atoms with Gasteiger partial charge in [-0.1, -0.05) is 93.0 Å². The van der Waals surface area contributed by atoms with E-state index in [4.69, 9.17) is 16.0 Å². The lowest BCUT2D eigenvalue weighted by atomic mass is 9.96. The molecule has 13 heteroatoms. The lowest BCUT2D eigenvalue weighted by molar-refractivity contribution is -0.137. The van der Waals surface area contributed by atoms with Gasteiger partial charge in [-0.2, -0.15) is 13.2 Å². The van der Waals surface area contributed by atoms with Gasteiger partial charge in [0.1, 0.15) is 11.6 Å². The molecular formula is C36H32ClF5N2O3SSi. The molecule has 0 spiro atoms. The highest BCUT2D eigenvalue weighted by Crippen LogP contribution is 2.53. The summed E-state index contributed by atoms with van der Waals surface area (Å²) in [4.78, 5) is 29.5. The van der Waals surface area contributed by atoms with Crippen molar-refractivity contribution in [2.75, 3.05) is 12.4 Å².